The van der Waals surface area contributed by atoms with Crippen molar-refractivity contribution in [3.8, 4) is 17.2 Å². The third kappa shape index (κ3) is 7.22. The maximum Gasteiger partial charge on any atom is 0.246 e. The van der Waals surface area contributed by atoms with E-state index in [2.05, 4.69) is 26.3 Å². The first-order chi connectivity index (χ1) is 19.0. The second kappa shape index (κ2) is 12.6. The molecule has 5 aromatic rings. The summed E-state index contributed by atoms with van der Waals surface area (Å²) in [6.45, 7) is 0.687. The number of benzene rings is 4. The first kappa shape index (κ1) is 26.4. The lowest BCUT2D eigenvalue weighted by molar-refractivity contribution is -0.116. The number of rotatable bonds is 10. The number of nitrogens with one attached hydrogen (secondary N) is 1. The zero-order valence-electron chi connectivity index (χ0n) is 20.9. The topological polar surface area (TPSA) is 70.3 Å². The molecule has 1 amide bonds. The summed E-state index contributed by atoms with van der Waals surface area (Å²) < 4.78 is 16.6. The van der Waals surface area contributed by atoms with Crippen molar-refractivity contribution in [3.63, 3.8) is 0 Å². The van der Waals surface area contributed by atoms with Gasteiger partial charge in [0.2, 0.25) is 5.91 Å². The molecule has 7 nitrogen and oxygen atoms in total. The van der Waals surface area contributed by atoms with Crippen LogP contribution in [0.5, 0.6) is 17.2 Å². The maximum absolute atomic E-state index is 12.9. The molecule has 0 spiro atoms. The molecular weight excluding hydrogens is 576 g/mol. The molecule has 1 heterocycles. The number of nitrogens with zero attached hydrogens (tertiary/aromatic N) is 3. The van der Waals surface area contributed by atoms with Gasteiger partial charge in [-0.15, -0.1) is 0 Å². The highest BCUT2D eigenvalue weighted by Gasteiger charge is 2.15. The summed E-state index contributed by atoms with van der Waals surface area (Å²) in [6.07, 6.45) is 0. The van der Waals surface area contributed by atoms with E-state index in [1.165, 1.54) is 4.68 Å². The Bertz CT molecular complexity index is 1590. The number of hydrogen-bond acceptors (Lipinski definition) is 5. The van der Waals surface area contributed by atoms with E-state index in [0.29, 0.717) is 34.3 Å². The monoisotopic (exact) mass is 600 g/mol. The Morgan fingerprint density at radius 2 is 1.44 bits per heavy atom. The Hall–Kier alpha value is -4.21. The summed E-state index contributed by atoms with van der Waals surface area (Å²) >= 11 is 9.16. The number of ether oxygens (including phenoxy) is 2. The van der Waals surface area contributed by atoms with Gasteiger partial charge in [-0.3, -0.25) is 9.36 Å². The van der Waals surface area contributed by atoms with Crippen LogP contribution in [-0.2, 0) is 24.5 Å². The van der Waals surface area contributed by atoms with Crippen LogP contribution >= 0.6 is 28.1 Å². The van der Waals surface area contributed by atoms with E-state index < -0.39 is 0 Å². The van der Waals surface area contributed by atoms with Crippen molar-refractivity contribution in [2.24, 2.45) is 0 Å². The Morgan fingerprint density at radius 3 is 2.13 bits per heavy atom. The number of halogens is 1. The lowest BCUT2D eigenvalue weighted by Gasteiger charge is -2.09. The zero-order chi connectivity index (χ0) is 27.0. The van der Waals surface area contributed by atoms with Crippen LogP contribution in [0.15, 0.2) is 114 Å². The first-order valence-corrected chi connectivity index (χ1v) is 13.5. The summed E-state index contributed by atoms with van der Waals surface area (Å²) in [5, 5.41) is 7.55. The molecule has 0 aliphatic heterocycles. The molecule has 196 valence electrons. The quantitative estimate of drug-likeness (QED) is 0.171. The normalized spacial score (nSPS) is 10.7. The van der Waals surface area contributed by atoms with E-state index in [4.69, 9.17) is 21.7 Å². The SMILES string of the molecule is O=C(Cn1nc(COc2ccc(Br)cc2)n(Cc2ccccc2)c1=S)Nc1ccc(Oc2ccccc2)cc1. The molecule has 9 heteroatoms. The van der Waals surface area contributed by atoms with Crippen LogP contribution in [0.2, 0.25) is 0 Å². The van der Waals surface area contributed by atoms with Gasteiger partial charge in [0.25, 0.3) is 0 Å². The predicted molar refractivity (Wildman–Crippen MR) is 157 cm³/mol. The van der Waals surface area contributed by atoms with E-state index >= 15 is 0 Å². The highest BCUT2D eigenvalue weighted by Crippen LogP contribution is 2.23. The third-order valence-corrected chi connectivity index (χ3v) is 6.73. The fourth-order valence-corrected chi connectivity index (χ4v) is 4.41. The van der Waals surface area contributed by atoms with Crippen molar-refractivity contribution >= 4 is 39.7 Å². The second-order valence-corrected chi connectivity index (χ2v) is 9.94. The summed E-state index contributed by atoms with van der Waals surface area (Å²) in [6, 6.07) is 34.3. The van der Waals surface area contributed by atoms with Crippen LogP contribution in [0.1, 0.15) is 11.4 Å². The average Bonchev–Trinajstić information content (AvgIpc) is 3.24. The van der Waals surface area contributed by atoms with E-state index in [9.17, 15) is 4.79 Å². The van der Waals surface area contributed by atoms with E-state index in [-0.39, 0.29) is 19.1 Å². The van der Waals surface area contributed by atoms with E-state index in [0.717, 1.165) is 15.8 Å². The van der Waals surface area contributed by atoms with Crippen LogP contribution in [-0.4, -0.2) is 20.3 Å². The average molecular weight is 602 g/mol. The number of aromatic nitrogens is 3. The van der Waals surface area contributed by atoms with E-state index in [1.54, 1.807) is 24.3 Å². The number of para-hydroxylation sites is 1. The molecule has 0 saturated heterocycles. The molecule has 0 fully saturated rings. The fourth-order valence-electron chi connectivity index (χ4n) is 3.87. The van der Waals surface area contributed by atoms with Crippen LogP contribution in [0.25, 0.3) is 0 Å². The van der Waals surface area contributed by atoms with Crippen molar-refractivity contribution in [1.29, 1.82) is 0 Å². The van der Waals surface area contributed by atoms with E-state index in [1.807, 2.05) is 89.5 Å². The number of carbonyl (C=O) groups excluding carboxylic acids is 1. The lowest BCUT2D eigenvalue weighted by atomic mass is 10.2. The van der Waals surface area contributed by atoms with Gasteiger partial charge in [-0.25, -0.2) is 4.68 Å². The van der Waals surface area contributed by atoms with Crippen LogP contribution < -0.4 is 14.8 Å². The Morgan fingerprint density at radius 1 is 0.821 bits per heavy atom. The van der Waals surface area contributed by atoms with Gasteiger partial charge in [0.1, 0.15) is 30.4 Å². The van der Waals surface area contributed by atoms with Gasteiger partial charge in [0, 0.05) is 10.2 Å². The molecule has 0 aliphatic carbocycles. The van der Waals surface area contributed by atoms with Crippen LogP contribution in [0.3, 0.4) is 0 Å². The molecule has 0 unspecified atom stereocenters. The van der Waals surface area contributed by atoms with Crippen molar-refractivity contribution in [3.05, 3.63) is 130 Å². The number of carbonyl (C=O) groups is 1. The zero-order valence-corrected chi connectivity index (χ0v) is 23.3. The minimum absolute atomic E-state index is 0.0336. The van der Waals surface area contributed by atoms with Gasteiger partial charge in [0.15, 0.2) is 10.6 Å². The molecular formula is C30H25BrN4O3S. The summed E-state index contributed by atoms with van der Waals surface area (Å²) in [7, 11) is 0. The number of hydrogen-bond donors (Lipinski definition) is 1. The van der Waals surface area contributed by atoms with Gasteiger partial charge in [0.05, 0.1) is 6.54 Å². The van der Waals surface area contributed by atoms with Gasteiger partial charge in [-0.2, -0.15) is 5.10 Å². The molecule has 0 saturated carbocycles. The molecule has 5 rings (SSSR count). The summed E-state index contributed by atoms with van der Waals surface area (Å²) in [5.41, 5.74) is 1.72. The fraction of sp³-hybridized carbons (Fsp3) is 0.100. The molecule has 0 radical (unpaired) electrons. The lowest BCUT2D eigenvalue weighted by Crippen LogP contribution is -2.20. The van der Waals surface area contributed by atoms with Gasteiger partial charge in [-0.1, -0.05) is 64.5 Å². The Balaban J connectivity index is 1.28. The molecule has 1 aromatic heterocycles. The number of amides is 1. The smallest absolute Gasteiger partial charge is 0.246 e. The van der Waals surface area contributed by atoms with Crippen molar-refractivity contribution < 1.29 is 14.3 Å². The first-order valence-electron chi connectivity index (χ1n) is 12.2. The van der Waals surface area contributed by atoms with Gasteiger partial charge < -0.3 is 14.8 Å². The van der Waals surface area contributed by atoms with Gasteiger partial charge >= 0.3 is 0 Å². The molecule has 0 bridgehead atoms. The molecule has 0 aliphatic rings. The molecule has 4 aromatic carbocycles. The van der Waals surface area contributed by atoms with Crippen LogP contribution in [0.4, 0.5) is 5.69 Å². The number of anilines is 1. The Labute approximate surface area is 239 Å². The standard InChI is InChI=1S/C30H25BrN4O3S/c31-23-11-15-25(16-12-23)37-21-28-33-35(30(39)34(28)19-22-7-3-1-4-8-22)20-29(36)32-24-13-17-27(18-14-24)38-26-9-5-2-6-10-26/h1-18H,19-21H2,(H,32,36). The predicted octanol–water partition coefficient (Wildman–Crippen LogP) is 7.23. The molecule has 0 atom stereocenters. The third-order valence-electron chi connectivity index (χ3n) is 5.77. The minimum Gasteiger partial charge on any atom is -0.486 e. The van der Waals surface area contributed by atoms with Crippen molar-refractivity contribution in [1.82, 2.24) is 14.3 Å². The minimum atomic E-state index is -0.243. The Kier molecular flexibility index (Phi) is 8.50. The highest BCUT2D eigenvalue weighted by atomic mass is 79.9. The summed E-state index contributed by atoms with van der Waals surface area (Å²) in [5.74, 6) is 2.52. The maximum atomic E-state index is 12.9. The largest absolute Gasteiger partial charge is 0.486 e. The van der Waals surface area contributed by atoms with Crippen molar-refractivity contribution in [2.75, 3.05) is 5.32 Å². The van der Waals surface area contributed by atoms with Crippen molar-refractivity contribution in [2.45, 2.75) is 19.7 Å². The van der Waals surface area contributed by atoms with Crippen LogP contribution in [0, 0.1) is 4.77 Å². The highest BCUT2D eigenvalue weighted by molar-refractivity contribution is 9.10. The molecule has 1 N–H and O–H groups in total. The second-order valence-electron chi connectivity index (χ2n) is 8.66. The van der Waals surface area contributed by atoms with Gasteiger partial charge in [-0.05, 0) is 78.4 Å². The summed E-state index contributed by atoms with van der Waals surface area (Å²) in [4.78, 5) is 12.9. The molecule has 39 heavy (non-hydrogen) atoms.